The van der Waals surface area contributed by atoms with Crippen molar-refractivity contribution in [2.75, 3.05) is 13.2 Å². The van der Waals surface area contributed by atoms with Gasteiger partial charge in [0, 0.05) is 35.3 Å². The molecule has 0 unspecified atom stereocenters. The number of hydrogen-bond acceptors (Lipinski definition) is 6. The van der Waals surface area contributed by atoms with Crippen molar-refractivity contribution >= 4 is 23.0 Å². The fraction of sp³-hybridized carbons (Fsp3) is 0.353. The topological polar surface area (TPSA) is 60.8 Å². The maximum Gasteiger partial charge on any atom is 0.305 e. The van der Waals surface area contributed by atoms with Crippen LogP contribution in [-0.4, -0.2) is 29.9 Å². The van der Waals surface area contributed by atoms with Crippen LogP contribution in [0.1, 0.15) is 37.3 Å². The zero-order valence-electron chi connectivity index (χ0n) is 13.1. The van der Waals surface area contributed by atoms with Gasteiger partial charge < -0.3 is 9.57 Å². The van der Waals surface area contributed by atoms with E-state index in [1.165, 1.54) is 0 Å². The highest BCUT2D eigenvalue weighted by atomic mass is 32.1. The summed E-state index contributed by atoms with van der Waals surface area (Å²) in [6.07, 6.45) is 5.40. The summed E-state index contributed by atoms with van der Waals surface area (Å²) in [7, 11) is 0. The molecule has 0 aromatic carbocycles. The lowest BCUT2D eigenvalue weighted by atomic mass is 10.1. The minimum absolute atomic E-state index is 0.162. The molecule has 0 aliphatic carbocycles. The maximum absolute atomic E-state index is 11.2. The highest BCUT2D eigenvalue weighted by molar-refractivity contribution is 7.08. The van der Waals surface area contributed by atoms with Gasteiger partial charge in [0.1, 0.15) is 12.3 Å². The van der Waals surface area contributed by atoms with Crippen molar-refractivity contribution in [2.24, 2.45) is 5.16 Å². The van der Waals surface area contributed by atoms with Crippen LogP contribution in [0.3, 0.4) is 0 Å². The lowest BCUT2D eigenvalue weighted by Crippen LogP contribution is -2.05. The van der Waals surface area contributed by atoms with E-state index in [1.54, 1.807) is 30.7 Å². The van der Waals surface area contributed by atoms with Gasteiger partial charge in [-0.2, -0.15) is 11.3 Å². The van der Waals surface area contributed by atoms with Crippen molar-refractivity contribution in [1.29, 1.82) is 0 Å². The molecule has 0 saturated carbocycles. The lowest BCUT2D eigenvalue weighted by Gasteiger charge is -2.05. The van der Waals surface area contributed by atoms with Crippen LogP contribution in [0.2, 0.25) is 0 Å². The van der Waals surface area contributed by atoms with Crippen LogP contribution in [0.15, 0.2) is 46.5 Å². The third-order valence-corrected chi connectivity index (χ3v) is 3.74. The molecule has 2 heterocycles. The molecule has 0 aliphatic heterocycles. The van der Waals surface area contributed by atoms with E-state index in [1.807, 2.05) is 29.0 Å². The Bertz CT molecular complexity index is 612. The summed E-state index contributed by atoms with van der Waals surface area (Å²) in [5.74, 6) is -0.162. The first kappa shape index (κ1) is 17.1. The molecule has 5 nitrogen and oxygen atoms in total. The summed E-state index contributed by atoms with van der Waals surface area (Å²) in [5, 5.41) is 8.28. The largest absolute Gasteiger partial charge is 0.466 e. The molecular formula is C17H20N2O3S. The number of pyridine rings is 1. The van der Waals surface area contributed by atoms with E-state index in [4.69, 9.17) is 9.57 Å². The molecule has 0 atom stereocenters. The third kappa shape index (κ3) is 5.83. The number of carbonyl (C=O) groups excluding carboxylic acids is 1. The molecule has 23 heavy (non-hydrogen) atoms. The molecule has 0 N–H and O–H groups in total. The van der Waals surface area contributed by atoms with Gasteiger partial charge in [0.05, 0.1) is 6.61 Å². The van der Waals surface area contributed by atoms with Gasteiger partial charge in [-0.1, -0.05) is 5.16 Å². The van der Waals surface area contributed by atoms with Crippen molar-refractivity contribution < 1.29 is 14.4 Å². The minimum Gasteiger partial charge on any atom is -0.466 e. The van der Waals surface area contributed by atoms with Crippen LogP contribution >= 0.6 is 11.3 Å². The van der Waals surface area contributed by atoms with E-state index in [9.17, 15) is 4.79 Å². The number of carbonyl (C=O) groups is 1. The highest BCUT2D eigenvalue weighted by Crippen LogP contribution is 2.14. The fourth-order valence-electron chi connectivity index (χ4n) is 1.95. The van der Waals surface area contributed by atoms with Gasteiger partial charge in [0.25, 0.3) is 0 Å². The van der Waals surface area contributed by atoms with Crippen LogP contribution in [0.4, 0.5) is 0 Å². The molecule has 0 fully saturated rings. The first-order valence-electron chi connectivity index (χ1n) is 7.59. The number of rotatable bonds is 9. The monoisotopic (exact) mass is 332 g/mol. The molecule has 2 aromatic heterocycles. The third-order valence-electron chi connectivity index (χ3n) is 3.06. The van der Waals surface area contributed by atoms with Gasteiger partial charge in [0.2, 0.25) is 0 Å². The SMILES string of the molecule is CCOC(=O)CCCCON=C(c1cccnc1)c1ccsc1. The van der Waals surface area contributed by atoms with Gasteiger partial charge in [-0.15, -0.1) is 0 Å². The van der Waals surface area contributed by atoms with Crippen LogP contribution < -0.4 is 0 Å². The number of thiophene rings is 1. The minimum atomic E-state index is -0.162. The van der Waals surface area contributed by atoms with Crippen LogP contribution in [-0.2, 0) is 14.4 Å². The predicted octanol–water partition coefficient (Wildman–Crippen LogP) is 3.65. The Kier molecular flexibility index (Phi) is 7.26. The first-order valence-corrected chi connectivity index (χ1v) is 8.54. The molecule has 0 spiro atoms. The van der Waals surface area contributed by atoms with Crippen molar-refractivity contribution in [3.63, 3.8) is 0 Å². The Balaban J connectivity index is 1.86. The summed E-state index contributed by atoms with van der Waals surface area (Å²) in [6.45, 7) is 2.70. The molecule has 6 heteroatoms. The maximum atomic E-state index is 11.2. The summed E-state index contributed by atoms with van der Waals surface area (Å²) >= 11 is 1.61. The summed E-state index contributed by atoms with van der Waals surface area (Å²) in [5.41, 5.74) is 2.69. The van der Waals surface area contributed by atoms with Crippen LogP contribution in [0.25, 0.3) is 0 Å². The van der Waals surface area contributed by atoms with Crippen molar-refractivity contribution in [1.82, 2.24) is 4.98 Å². The van der Waals surface area contributed by atoms with Crippen molar-refractivity contribution in [2.45, 2.75) is 26.2 Å². The molecule has 0 saturated heterocycles. The average Bonchev–Trinajstić information content (AvgIpc) is 3.09. The molecule has 122 valence electrons. The normalized spacial score (nSPS) is 11.3. The molecule has 0 aliphatic rings. The second-order valence-corrected chi connectivity index (χ2v) is 5.57. The molecule has 2 aromatic rings. The van der Waals surface area contributed by atoms with E-state index in [2.05, 4.69) is 10.1 Å². The second kappa shape index (κ2) is 9.74. The number of ether oxygens (including phenoxy) is 1. The first-order chi connectivity index (χ1) is 11.3. The van der Waals surface area contributed by atoms with Gasteiger partial charge >= 0.3 is 5.97 Å². The molecule has 0 radical (unpaired) electrons. The number of unbranched alkanes of at least 4 members (excludes halogenated alkanes) is 1. The van der Waals surface area contributed by atoms with Gasteiger partial charge in [0.15, 0.2) is 0 Å². The Hall–Kier alpha value is -2.21. The zero-order valence-corrected chi connectivity index (χ0v) is 13.9. The second-order valence-electron chi connectivity index (χ2n) is 4.79. The Morgan fingerprint density at radius 3 is 2.91 bits per heavy atom. The van der Waals surface area contributed by atoms with Crippen molar-refractivity contribution in [3.8, 4) is 0 Å². The number of esters is 1. The Morgan fingerprint density at radius 1 is 1.30 bits per heavy atom. The number of nitrogens with zero attached hydrogens (tertiary/aromatic N) is 2. The van der Waals surface area contributed by atoms with Crippen molar-refractivity contribution in [3.05, 3.63) is 52.5 Å². The predicted molar refractivity (Wildman–Crippen MR) is 90.6 cm³/mol. The smallest absolute Gasteiger partial charge is 0.305 e. The summed E-state index contributed by atoms with van der Waals surface area (Å²) in [6, 6.07) is 5.82. The molecule has 2 rings (SSSR count). The van der Waals surface area contributed by atoms with E-state index in [0.29, 0.717) is 19.6 Å². The van der Waals surface area contributed by atoms with Gasteiger partial charge in [-0.25, -0.2) is 0 Å². The van der Waals surface area contributed by atoms with E-state index in [0.717, 1.165) is 29.7 Å². The van der Waals surface area contributed by atoms with E-state index < -0.39 is 0 Å². The molecule has 0 bridgehead atoms. The number of oxime groups is 1. The average molecular weight is 332 g/mol. The summed E-state index contributed by atoms with van der Waals surface area (Å²) in [4.78, 5) is 20.8. The van der Waals surface area contributed by atoms with Crippen LogP contribution in [0.5, 0.6) is 0 Å². The quantitative estimate of drug-likeness (QED) is 0.304. The molecular weight excluding hydrogens is 312 g/mol. The number of aromatic nitrogens is 1. The van der Waals surface area contributed by atoms with Gasteiger partial charge in [-0.05, 0) is 43.3 Å². The fourth-order valence-corrected chi connectivity index (χ4v) is 2.59. The number of hydrogen-bond donors (Lipinski definition) is 0. The highest BCUT2D eigenvalue weighted by Gasteiger charge is 2.08. The zero-order chi connectivity index (χ0) is 16.3. The Labute approximate surface area is 140 Å². The summed E-state index contributed by atoms with van der Waals surface area (Å²) < 4.78 is 4.88. The van der Waals surface area contributed by atoms with E-state index in [-0.39, 0.29) is 5.97 Å². The van der Waals surface area contributed by atoms with E-state index >= 15 is 0 Å². The Morgan fingerprint density at radius 2 is 2.22 bits per heavy atom. The molecule has 0 amide bonds. The van der Waals surface area contributed by atoms with Gasteiger partial charge in [-0.3, -0.25) is 9.78 Å². The lowest BCUT2D eigenvalue weighted by molar-refractivity contribution is -0.143. The van der Waals surface area contributed by atoms with Crippen LogP contribution in [0, 0.1) is 0 Å². The standard InChI is InChI=1S/C17H20N2O3S/c1-2-21-16(20)7-3-4-10-22-19-17(15-8-11-23-13-15)14-6-5-9-18-12-14/h5-6,8-9,11-13H,2-4,7,10H2,1H3.